The van der Waals surface area contributed by atoms with Gasteiger partial charge in [0.15, 0.2) is 0 Å². The predicted octanol–water partition coefficient (Wildman–Crippen LogP) is 4.42. The molecule has 0 aliphatic carbocycles. The van der Waals surface area contributed by atoms with Crippen LogP contribution < -0.4 is 5.32 Å². The highest BCUT2D eigenvalue weighted by molar-refractivity contribution is 6.05. The molecular formula is C20H38N2O2. The monoisotopic (exact) mass is 338 g/mol. The summed E-state index contributed by atoms with van der Waals surface area (Å²) in [7, 11) is 0. The van der Waals surface area contributed by atoms with Crippen LogP contribution in [0, 0.1) is 0 Å². The molecule has 1 rings (SSSR count). The highest BCUT2D eigenvalue weighted by Crippen LogP contribution is 2.15. The van der Waals surface area contributed by atoms with Crippen molar-refractivity contribution in [3.8, 4) is 0 Å². The minimum atomic E-state index is -0.270. The molecule has 0 saturated carbocycles. The second kappa shape index (κ2) is 13.4. The van der Waals surface area contributed by atoms with Crippen LogP contribution in [0.2, 0.25) is 0 Å². The molecule has 140 valence electrons. The molecule has 1 fully saturated rings. The fourth-order valence-electron chi connectivity index (χ4n) is 3.31. The second-order valence-electron chi connectivity index (χ2n) is 7.13. The molecule has 0 aromatic carbocycles. The third kappa shape index (κ3) is 8.27. The van der Waals surface area contributed by atoms with Gasteiger partial charge in [0, 0.05) is 6.54 Å². The quantitative estimate of drug-likeness (QED) is 0.355. The Labute approximate surface area is 148 Å². The largest absolute Gasteiger partial charge is 0.305 e. The highest BCUT2D eigenvalue weighted by atomic mass is 16.2. The van der Waals surface area contributed by atoms with Crippen molar-refractivity contribution in [1.82, 2.24) is 10.2 Å². The number of nitrogens with zero attached hydrogens (tertiary/aromatic N) is 1. The summed E-state index contributed by atoms with van der Waals surface area (Å²) in [5.41, 5.74) is 0. The van der Waals surface area contributed by atoms with Gasteiger partial charge in [-0.25, -0.2) is 0 Å². The van der Waals surface area contributed by atoms with Gasteiger partial charge in [0.05, 0.1) is 12.5 Å². The topological polar surface area (TPSA) is 49.4 Å². The van der Waals surface area contributed by atoms with Gasteiger partial charge in [-0.15, -0.1) is 0 Å². The number of carbonyl (C=O) groups excluding carboxylic acids is 2. The van der Waals surface area contributed by atoms with E-state index in [1.807, 2.05) is 0 Å². The van der Waals surface area contributed by atoms with E-state index in [4.69, 9.17) is 0 Å². The Balaban J connectivity index is 2.12. The number of amides is 2. The van der Waals surface area contributed by atoms with E-state index in [2.05, 4.69) is 19.2 Å². The Morgan fingerprint density at radius 3 is 2.00 bits per heavy atom. The fourth-order valence-corrected chi connectivity index (χ4v) is 3.31. The van der Waals surface area contributed by atoms with Crippen LogP contribution in [0.25, 0.3) is 0 Å². The molecule has 0 aromatic rings. The van der Waals surface area contributed by atoms with Crippen LogP contribution >= 0.6 is 0 Å². The molecule has 1 aliphatic heterocycles. The van der Waals surface area contributed by atoms with Gasteiger partial charge in [-0.1, -0.05) is 78.1 Å². The minimum absolute atomic E-state index is 0.000425. The first-order valence-corrected chi connectivity index (χ1v) is 10.3. The summed E-state index contributed by atoms with van der Waals surface area (Å²) < 4.78 is 0. The van der Waals surface area contributed by atoms with E-state index < -0.39 is 0 Å². The van der Waals surface area contributed by atoms with E-state index in [-0.39, 0.29) is 17.9 Å². The lowest BCUT2D eigenvalue weighted by Crippen LogP contribution is -2.39. The summed E-state index contributed by atoms with van der Waals surface area (Å²) in [6, 6.07) is -0.270. The van der Waals surface area contributed by atoms with Crippen molar-refractivity contribution in [2.75, 3.05) is 13.1 Å². The smallest absolute Gasteiger partial charge is 0.246 e. The first kappa shape index (κ1) is 21.1. The molecule has 0 radical (unpaired) electrons. The number of nitrogens with one attached hydrogen (secondary N) is 1. The maximum Gasteiger partial charge on any atom is 0.246 e. The summed E-state index contributed by atoms with van der Waals surface area (Å²) >= 11 is 0. The van der Waals surface area contributed by atoms with Crippen molar-refractivity contribution < 1.29 is 9.59 Å². The van der Waals surface area contributed by atoms with Gasteiger partial charge in [-0.05, 0) is 19.4 Å². The molecule has 4 nitrogen and oxygen atoms in total. The molecule has 1 heterocycles. The molecule has 24 heavy (non-hydrogen) atoms. The highest BCUT2D eigenvalue weighted by Gasteiger charge is 2.37. The normalized spacial score (nSPS) is 17.9. The number of carbonyl (C=O) groups is 2. The molecule has 1 aliphatic rings. The molecule has 1 unspecified atom stereocenters. The third-order valence-corrected chi connectivity index (χ3v) is 4.90. The Hall–Kier alpha value is -0.900. The minimum Gasteiger partial charge on any atom is -0.305 e. The number of hydrogen-bond acceptors (Lipinski definition) is 3. The van der Waals surface area contributed by atoms with E-state index in [0.29, 0.717) is 13.0 Å². The first-order valence-electron chi connectivity index (χ1n) is 10.3. The zero-order chi connectivity index (χ0) is 17.6. The molecule has 4 heteroatoms. The maximum absolute atomic E-state index is 12.3. The molecule has 0 aromatic heterocycles. The van der Waals surface area contributed by atoms with E-state index in [1.54, 1.807) is 0 Å². The Morgan fingerprint density at radius 2 is 1.38 bits per heavy atom. The molecule has 2 amide bonds. The molecule has 0 bridgehead atoms. The zero-order valence-corrected chi connectivity index (χ0v) is 15.9. The standard InChI is InChI=1S/C20H38N2O2/c1-3-5-7-9-11-13-15-21-18-17-19(23)22(20(18)24)16-14-12-10-8-6-4-2/h18,21H,3-17H2,1-2H3. The maximum atomic E-state index is 12.3. The van der Waals surface area contributed by atoms with Crippen molar-refractivity contribution in [2.24, 2.45) is 0 Å². The van der Waals surface area contributed by atoms with Crippen molar-refractivity contribution in [3.05, 3.63) is 0 Å². The lowest BCUT2D eigenvalue weighted by molar-refractivity contribution is -0.138. The van der Waals surface area contributed by atoms with E-state index in [9.17, 15) is 9.59 Å². The van der Waals surface area contributed by atoms with E-state index in [0.717, 1.165) is 25.8 Å². The van der Waals surface area contributed by atoms with Gasteiger partial charge in [0.2, 0.25) is 11.8 Å². The summed E-state index contributed by atoms with van der Waals surface area (Å²) in [5.74, 6) is 0.00791. The van der Waals surface area contributed by atoms with Gasteiger partial charge in [0.25, 0.3) is 0 Å². The summed E-state index contributed by atoms with van der Waals surface area (Å²) in [6.45, 7) is 5.89. The summed E-state index contributed by atoms with van der Waals surface area (Å²) in [5, 5.41) is 3.29. The number of rotatable bonds is 15. The fraction of sp³-hybridized carbons (Fsp3) is 0.900. The lowest BCUT2D eigenvalue weighted by Gasteiger charge is -2.15. The molecule has 1 N–H and O–H groups in total. The van der Waals surface area contributed by atoms with Crippen LogP contribution in [0.4, 0.5) is 0 Å². The van der Waals surface area contributed by atoms with Gasteiger partial charge in [0.1, 0.15) is 0 Å². The molecule has 1 atom stereocenters. The predicted molar refractivity (Wildman–Crippen MR) is 99.9 cm³/mol. The van der Waals surface area contributed by atoms with Crippen molar-refractivity contribution in [1.29, 1.82) is 0 Å². The SMILES string of the molecule is CCCCCCCCNC1CC(=O)N(CCCCCCCC)C1=O. The van der Waals surface area contributed by atoms with Crippen LogP contribution in [0.5, 0.6) is 0 Å². The number of hydrogen-bond donors (Lipinski definition) is 1. The lowest BCUT2D eigenvalue weighted by atomic mass is 10.1. The van der Waals surface area contributed by atoms with Gasteiger partial charge >= 0.3 is 0 Å². The average Bonchev–Trinajstić information content (AvgIpc) is 2.84. The average molecular weight is 339 g/mol. The van der Waals surface area contributed by atoms with Crippen LogP contribution in [0.3, 0.4) is 0 Å². The van der Waals surface area contributed by atoms with E-state index >= 15 is 0 Å². The van der Waals surface area contributed by atoms with Gasteiger partial charge in [-0.2, -0.15) is 0 Å². The third-order valence-electron chi connectivity index (χ3n) is 4.90. The number of unbranched alkanes of at least 4 members (excludes halogenated alkanes) is 10. The number of imide groups is 1. The van der Waals surface area contributed by atoms with Crippen LogP contribution in [0.15, 0.2) is 0 Å². The number of likely N-dealkylation sites (tertiary alicyclic amines) is 1. The molecule has 0 spiro atoms. The zero-order valence-electron chi connectivity index (χ0n) is 15.9. The van der Waals surface area contributed by atoms with E-state index in [1.165, 1.54) is 62.7 Å². The van der Waals surface area contributed by atoms with Crippen LogP contribution in [-0.2, 0) is 9.59 Å². The summed E-state index contributed by atoms with van der Waals surface area (Å²) in [4.78, 5) is 25.8. The van der Waals surface area contributed by atoms with Crippen LogP contribution in [0.1, 0.15) is 97.3 Å². The van der Waals surface area contributed by atoms with Crippen molar-refractivity contribution in [2.45, 2.75) is 103 Å². The molecular weight excluding hydrogens is 300 g/mol. The van der Waals surface area contributed by atoms with Crippen LogP contribution in [-0.4, -0.2) is 35.8 Å². The Bertz CT molecular complexity index is 358. The summed E-state index contributed by atoms with van der Waals surface area (Å²) in [6.07, 6.45) is 14.9. The van der Waals surface area contributed by atoms with Crippen molar-refractivity contribution in [3.63, 3.8) is 0 Å². The van der Waals surface area contributed by atoms with Gasteiger partial charge < -0.3 is 5.32 Å². The Morgan fingerprint density at radius 1 is 0.833 bits per heavy atom. The second-order valence-corrected chi connectivity index (χ2v) is 7.13. The van der Waals surface area contributed by atoms with Gasteiger partial charge in [-0.3, -0.25) is 14.5 Å². The van der Waals surface area contributed by atoms with Crippen molar-refractivity contribution >= 4 is 11.8 Å². The molecule has 1 saturated heterocycles. The Kier molecular flexibility index (Phi) is 11.8. The first-order chi connectivity index (χ1) is 11.7.